The quantitative estimate of drug-likeness (QED) is 0.268. The third-order valence-corrected chi connectivity index (χ3v) is 14.1. The lowest BCUT2D eigenvalue weighted by atomic mass is 9.41. The molecule has 0 aromatic carbocycles. The molecule has 0 radical (unpaired) electrons. The monoisotopic (exact) mass is 614 g/mol. The number of aliphatic hydroxyl groups is 2. The zero-order valence-electron chi connectivity index (χ0n) is 26.3. The summed E-state index contributed by atoms with van der Waals surface area (Å²) in [7, 11) is 0. The Kier molecular flexibility index (Phi) is 7.04. The largest absolute Gasteiger partial charge is 0.458 e. The van der Waals surface area contributed by atoms with E-state index in [1.807, 2.05) is 6.92 Å². The van der Waals surface area contributed by atoms with Gasteiger partial charge in [0.1, 0.15) is 19.0 Å². The summed E-state index contributed by atoms with van der Waals surface area (Å²) in [6.07, 6.45) is 13.4. The standard InChI is InChI=1S/C35H50O9/c1-21-30-27(43-34(44-30)10-4-3-5-11-34)17-29(41-21)42-23-6-13-32(20-36)25-7-12-31(2)24(22-16-28(37)40-19-22)9-15-35(31,39)26(25)8-14-33(32,38)18-23/h16,20-21,23-27,29-30,38-39H,3-15,17-19H2,1-2H3/t21?,23?,24-,25?,26?,27?,29?,30?,31+,32-,33?,35?/m0/s1. The van der Waals surface area contributed by atoms with E-state index in [9.17, 15) is 19.8 Å². The van der Waals surface area contributed by atoms with Gasteiger partial charge in [-0.3, -0.25) is 0 Å². The van der Waals surface area contributed by atoms with Crippen molar-refractivity contribution in [3.05, 3.63) is 11.6 Å². The number of ether oxygens (including phenoxy) is 5. The van der Waals surface area contributed by atoms with Crippen LogP contribution in [0.1, 0.15) is 110 Å². The van der Waals surface area contributed by atoms with Crippen molar-refractivity contribution in [2.75, 3.05) is 6.61 Å². The number of fused-ring (bicyclic) bond motifs is 6. The predicted octanol–water partition coefficient (Wildman–Crippen LogP) is 4.50. The summed E-state index contributed by atoms with van der Waals surface area (Å²) in [6.45, 7) is 4.52. The van der Waals surface area contributed by atoms with E-state index in [4.69, 9.17) is 23.7 Å². The van der Waals surface area contributed by atoms with Crippen molar-refractivity contribution in [2.45, 2.75) is 158 Å². The van der Waals surface area contributed by atoms with Crippen LogP contribution in [-0.4, -0.2) is 76.8 Å². The molecule has 0 aromatic rings. The first-order chi connectivity index (χ1) is 21.0. The number of carbonyl (C=O) groups excluding carboxylic acids is 2. The maximum absolute atomic E-state index is 13.2. The van der Waals surface area contributed by atoms with Gasteiger partial charge in [0.25, 0.3) is 0 Å². The molecule has 7 fully saturated rings. The smallest absolute Gasteiger partial charge is 0.331 e. The van der Waals surface area contributed by atoms with Gasteiger partial charge in [-0.15, -0.1) is 0 Å². The van der Waals surface area contributed by atoms with E-state index < -0.39 is 28.7 Å². The summed E-state index contributed by atoms with van der Waals surface area (Å²) >= 11 is 0. The van der Waals surface area contributed by atoms with Crippen LogP contribution in [0.25, 0.3) is 0 Å². The van der Waals surface area contributed by atoms with Crippen molar-refractivity contribution in [1.82, 2.24) is 0 Å². The highest BCUT2D eigenvalue weighted by molar-refractivity contribution is 5.85. The second-order valence-electron chi connectivity index (χ2n) is 16.0. The average Bonchev–Trinajstić information content (AvgIpc) is 3.66. The van der Waals surface area contributed by atoms with Gasteiger partial charge in [0, 0.05) is 37.2 Å². The Morgan fingerprint density at radius 2 is 1.75 bits per heavy atom. The molecule has 2 N–H and O–H groups in total. The summed E-state index contributed by atoms with van der Waals surface area (Å²) in [5.74, 6) is -0.828. The molecule has 0 aromatic heterocycles. The van der Waals surface area contributed by atoms with E-state index in [0.29, 0.717) is 51.6 Å². The first-order valence-corrected chi connectivity index (χ1v) is 17.5. The third-order valence-electron chi connectivity index (χ3n) is 14.1. The maximum atomic E-state index is 13.2. The fraction of sp³-hybridized carbons (Fsp3) is 0.886. The van der Waals surface area contributed by atoms with Crippen LogP contribution in [0.5, 0.6) is 0 Å². The molecule has 9 unspecified atom stereocenters. The fourth-order valence-electron chi connectivity index (χ4n) is 11.9. The van der Waals surface area contributed by atoms with Crippen LogP contribution in [0, 0.1) is 28.6 Å². The molecule has 44 heavy (non-hydrogen) atoms. The molecule has 244 valence electrons. The summed E-state index contributed by atoms with van der Waals surface area (Å²) in [6, 6.07) is 0. The second kappa shape index (κ2) is 10.3. The summed E-state index contributed by atoms with van der Waals surface area (Å²) in [5, 5.41) is 24.8. The molecule has 8 aliphatic rings. The van der Waals surface area contributed by atoms with Gasteiger partial charge in [-0.05, 0) is 94.5 Å². The van der Waals surface area contributed by atoms with Crippen LogP contribution in [0.2, 0.25) is 0 Å². The van der Waals surface area contributed by atoms with Gasteiger partial charge >= 0.3 is 5.97 Å². The highest BCUT2D eigenvalue weighted by Crippen LogP contribution is 2.70. The van der Waals surface area contributed by atoms with Crippen molar-refractivity contribution in [3.8, 4) is 0 Å². The molecule has 9 heteroatoms. The van der Waals surface area contributed by atoms with Crippen LogP contribution in [-0.2, 0) is 33.3 Å². The van der Waals surface area contributed by atoms with E-state index in [-0.39, 0.29) is 53.6 Å². The average molecular weight is 615 g/mol. The second-order valence-corrected chi connectivity index (χ2v) is 16.0. The van der Waals surface area contributed by atoms with E-state index in [2.05, 4.69) is 6.92 Å². The molecular formula is C35H50O9. The maximum Gasteiger partial charge on any atom is 0.331 e. The Labute approximate surface area is 260 Å². The van der Waals surface area contributed by atoms with Crippen molar-refractivity contribution < 1.29 is 43.5 Å². The molecule has 0 bridgehead atoms. The van der Waals surface area contributed by atoms with Crippen LogP contribution < -0.4 is 0 Å². The highest BCUT2D eigenvalue weighted by atomic mass is 16.8. The molecule has 5 saturated carbocycles. The third kappa shape index (κ3) is 4.18. The van der Waals surface area contributed by atoms with Crippen LogP contribution in [0.4, 0.5) is 0 Å². The summed E-state index contributed by atoms with van der Waals surface area (Å²) in [5.41, 5.74) is -2.42. The van der Waals surface area contributed by atoms with Crippen LogP contribution in [0.15, 0.2) is 11.6 Å². The SMILES string of the molecule is CC1OC(OC2CC[C@]3(C=O)C4CC[C@]5(C)[C@H](C6=CC(=O)OC6)CCC5(O)C4CCC3(O)C2)CC2OC3(CCCCC3)OC12. The summed E-state index contributed by atoms with van der Waals surface area (Å²) < 4.78 is 31.2. The lowest BCUT2D eigenvalue weighted by Crippen LogP contribution is -2.69. The van der Waals surface area contributed by atoms with Gasteiger partial charge in [-0.2, -0.15) is 0 Å². The summed E-state index contributed by atoms with van der Waals surface area (Å²) in [4.78, 5) is 25.1. The molecule has 1 spiro atoms. The van der Waals surface area contributed by atoms with Crippen molar-refractivity contribution >= 4 is 12.3 Å². The molecule has 9 nitrogen and oxygen atoms in total. The van der Waals surface area contributed by atoms with Gasteiger partial charge in [0.2, 0.25) is 0 Å². The minimum absolute atomic E-state index is 0.0600. The topological polar surface area (TPSA) is 121 Å². The van der Waals surface area contributed by atoms with Gasteiger partial charge < -0.3 is 38.7 Å². The number of esters is 1. The zero-order chi connectivity index (χ0) is 30.5. The number of hydrogen-bond donors (Lipinski definition) is 2. The minimum atomic E-state index is -1.18. The van der Waals surface area contributed by atoms with Crippen molar-refractivity contribution in [1.29, 1.82) is 0 Å². The predicted molar refractivity (Wildman–Crippen MR) is 157 cm³/mol. The number of cyclic esters (lactones) is 1. The fourth-order valence-corrected chi connectivity index (χ4v) is 11.9. The Hall–Kier alpha value is -1.36. The number of aldehydes is 1. The Morgan fingerprint density at radius 3 is 2.50 bits per heavy atom. The Balaban J connectivity index is 0.971. The zero-order valence-corrected chi connectivity index (χ0v) is 26.3. The van der Waals surface area contributed by atoms with Crippen LogP contribution in [0.3, 0.4) is 0 Å². The Bertz CT molecular complexity index is 1210. The molecule has 5 aliphatic carbocycles. The number of carbonyl (C=O) groups is 2. The molecule has 3 aliphatic heterocycles. The van der Waals surface area contributed by atoms with E-state index >= 15 is 0 Å². The molecule has 12 atom stereocenters. The van der Waals surface area contributed by atoms with E-state index in [1.165, 1.54) is 6.42 Å². The molecular weight excluding hydrogens is 564 g/mol. The van der Waals surface area contributed by atoms with Gasteiger partial charge in [0.15, 0.2) is 12.1 Å². The number of rotatable bonds is 4. The normalized spacial score (nSPS) is 52.8. The Morgan fingerprint density at radius 1 is 0.955 bits per heavy atom. The van der Waals surface area contributed by atoms with E-state index in [1.54, 1.807) is 6.08 Å². The molecule has 0 amide bonds. The van der Waals surface area contributed by atoms with Crippen molar-refractivity contribution in [3.63, 3.8) is 0 Å². The molecule has 2 saturated heterocycles. The first-order valence-electron chi connectivity index (χ1n) is 17.5. The lowest BCUT2D eigenvalue weighted by molar-refractivity contribution is -0.278. The number of hydrogen-bond acceptors (Lipinski definition) is 9. The first kappa shape index (κ1) is 30.0. The van der Waals surface area contributed by atoms with Gasteiger partial charge in [-0.25, -0.2) is 4.79 Å². The molecule has 8 rings (SSSR count). The van der Waals surface area contributed by atoms with E-state index in [0.717, 1.165) is 56.8 Å². The van der Waals surface area contributed by atoms with Crippen LogP contribution >= 0.6 is 0 Å². The highest BCUT2D eigenvalue weighted by Gasteiger charge is 2.71. The van der Waals surface area contributed by atoms with Gasteiger partial charge in [0.05, 0.1) is 34.9 Å². The molecule has 3 heterocycles. The lowest BCUT2D eigenvalue weighted by Gasteiger charge is -2.65. The van der Waals surface area contributed by atoms with Crippen molar-refractivity contribution in [2.24, 2.45) is 28.6 Å². The minimum Gasteiger partial charge on any atom is -0.458 e. The van der Waals surface area contributed by atoms with Gasteiger partial charge in [-0.1, -0.05) is 13.3 Å².